The van der Waals surface area contributed by atoms with Crippen molar-refractivity contribution in [2.75, 3.05) is 6.54 Å². The molecule has 0 aliphatic carbocycles. The van der Waals surface area contributed by atoms with Crippen LogP contribution in [0.3, 0.4) is 0 Å². The number of nitrogens with zero attached hydrogens (tertiary/aromatic N) is 1. The number of rotatable bonds is 4. The minimum atomic E-state index is -0.205. The highest BCUT2D eigenvalue weighted by atomic mass is 79.9. The molecule has 1 atom stereocenters. The minimum Gasteiger partial charge on any atom is -0.334 e. The van der Waals surface area contributed by atoms with Crippen LogP contribution in [0.1, 0.15) is 28.5 Å². The Morgan fingerprint density at radius 3 is 2.71 bits per heavy atom. The summed E-state index contributed by atoms with van der Waals surface area (Å²) in [6, 6.07) is -0.242. The molecule has 6 heteroatoms. The van der Waals surface area contributed by atoms with Crippen LogP contribution in [0.25, 0.3) is 0 Å². The van der Waals surface area contributed by atoms with Gasteiger partial charge in [-0.3, -0.25) is 0 Å². The summed E-state index contributed by atoms with van der Waals surface area (Å²) >= 11 is 4.79. The third-order valence-electron chi connectivity index (χ3n) is 2.12. The standard InChI is InChI=1S/C11H16BrN3OS/c1-6(12)5-13-11(16)15-8(3)10-7(2)14-9(4)17-10/h8H,1,5H2,2-4H3,(H2,13,15,16)/t8-/m1/s1. The van der Waals surface area contributed by atoms with Gasteiger partial charge in [0.25, 0.3) is 0 Å². The van der Waals surface area contributed by atoms with E-state index in [-0.39, 0.29) is 12.1 Å². The van der Waals surface area contributed by atoms with Crippen molar-refractivity contribution < 1.29 is 4.79 Å². The Morgan fingerprint density at radius 1 is 1.59 bits per heavy atom. The first-order valence-electron chi connectivity index (χ1n) is 5.21. The average Bonchev–Trinajstić information content (AvgIpc) is 2.55. The van der Waals surface area contributed by atoms with Crippen molar-refractivity contribution in [3.8, 4) is 0 Å². The number of aryl methyl sites for hydroxylation is 2. The Bertz CT molecular complexity index is 430. The number of carbonyl (C=O) groups excluding carboxylic acids is 1. The zero-order valence-electron chi connectivity index (χ0n) is 10.1. The smallest absolute Gasteiger partial charge is 0.315 e. The van der Waals surface area contributed by atoms with Crippen molar-refractivity contribution in [3.63, 3.8) is 0 Å². The first-order valence-corrected chi connectivity index (χ1v) is 6.82. The molecule has 0 saturated heterocycles. The predicted molar refractivity (Wildman–Crippen MR) is 74.6 cm³/mol. The molecule has 0 aromatic carbocycles. The molecular formula is C11H16BrN3OS. The quantitative estimate of drug-likeness (QED) is 0.896. The van der Waals surface area contributed by atoms with Crippen molar-refractivity contribution in [1.29, 1.82) is 0 Å². The van der Waals surface area contributed by atoms with Gasteiger partial charge in [-0.05, 0) is 20.8 Å². The summed E-state index contributed by atoms with van der Waals surface area (Å²) in [6.45, 7) is 9.93. The van der Waals surface area contributed by atoms with E-state index < -0.39 is 0 Å². The number of halogens is 1. The lowest BCUT2D eigenvalue weighted by Crippen LogP contribution is -2.37. The summed E-state index contributed by atoms with van der Waals surface area (Å²) in [5.74, 6) is 0. The predicted octanol–water partition coefficient (Wildman–Crippen LogP) is 3.03. The molecule has 2 amide bonds. The molecule has 0 spiro atoms. The zero-order valence-corrected chi connectivity index (χ0v) is 12.5. The lowest BCUT2D eigenvalue weighted by molar-refractivity contribution is 0.239. The van der Waals surface area contributed by atoms with E-state index in [0.717, 1.165) is 20.1 Å². The van der Waals surface area contributed by atoms with E-state index in [9.17, 15) is 4.79 Å². The third kappa shape index (κ3) is 4.47. The molecule has 1 aromatic heterocycles. The van der Waals surface area contributed by atoms with Gasteiger partial charge in [-0.25, -0.2) is 9.78 Å². The van der Waals surface area contributed by atoms with Crippen LogP contribution in [0, 0.1) is 13.8 Å². The Kier molecular flexibility index (Phi) is 5.14. The van der Waals surface area contributed by atoms with Crippen LogP contribution >= 0.6 is 27.3 Å². The lowest BCUT2D eigenvalue weighted by atomic mass is 10.2. The van der Waals surface area contributed by atoms with Crippen LogP contribution in [0.4, 0.5) is 4.79 Å². The van der Waals surface area contributed by atoms with E-state index >= 15 is 0 Å². The first-order chi connectivity index (χ1) is 7.90. The number of carbonyl (C=O) groups is 1. The summed E-state index contributed by atoms with van der Waals surface area (Å²) in [5, 5.41) is 6.58. The zero-order chi connectivity index (χ0) is 13.0. The number of aromatic nitrogens is 1. The number of urea groups is 1. The van der Waals surface area contributed by atoms with Crippen molar-refractivity contribution in [2.24, 2.45) is 0 Å². The molecule has 0 aliphatic rings. The van der Waals surface area contributed by atoms with Crippen molar-refractivity contribution in [3.05, 3.63) is 26.6 Å². The molecule has 4 nitrogen and oxygen atoms in total. The summed E-state index contributed by atoms with van der Waals surface area (Å²) in [6.07, 6.45) is 0. The molecule has 0 radical (unpaired) electrons. The van der Waals surface area contributed by atoms with E-state index in [1.807, 2.05) is 20.8 Å². The summed E-state index contributed by atoms with van der Waals surface area (Å²) in [7, 11) is 0. The van der Waals surface area contributed by atoms with Gasteiger partial charge >= 0.3 is 6.03 Å². The second-order valence-corrected chi connectivity index (χ2v) is 6.10. The Hall–Kier alpha value is -0.880. The normalized spacial score (nSPS) is 12.0. The number of thiazole rings is 1. The number of hydrogen-bond acceptors (Lipinski definition) is 3. The van der Waals surface area contributed by atoms with Gasteiger partial charge in [0.2, 0.25) is 0 Å². The molecule has 0 bridgehead atoms. The van der Waals surface area contributed by atoms with Gasteiger partial charge in [-0.15, -0.1) is 11.3 Å². The van der Waals surface area contributed by atoms with Crippen molar-refractivity contribution in [2.45, 2.75) is 26.8 Å². The molecule has 0 fully saturated rings. The van der Waals surface area contributed by atoms with E-state index in [2.05, 4.69) is 38.1 Å². The molecule has 0 unspecified atom stereocenters. The van der Waals surface area contributed by atoms with Crippen LogP contribution in [-0.2, 0) is 0 Å². The third-order valence-corrected chi connectivity index (χ3v) is 3.66. The van der Waals surface area contributed by atoms with Gasteiger partial charge in [-0.2, -0.15) is 0 Å². The fourth-order valence-electron chi connectivity index (χ4n) is 1.44. The largest absolute Gasteiger partial charge is 0.334 e. The molecular weight excluding hydrogens is 302 g/mol. The molecule has 1 aromatic rings. The maximum absolute atomic E-state index is 11.5. The maximum atomic E-state index is 11.5. The fraction of sp³-hybridized carbons (Fsp3) is 0.455. The molecule has 0 aliphatic heterocycles. The summed E-state index contributed by atoms with van der Waals surface area (Å²) in [5.41, 5.74) is 0.977. The Morgan fingerprint density at radius 2 is 2.24 bits per heavy atom. The Balaban J connectivity index is 2.54. The maximum Gasteiger partial charge on any atom is 0.315 e. The second kappa shape index (κ2) is 6.16. The highest BCUT2D eigenvalue weighted by Gasteiger charge is 2.14. The van der Waals surface area contributed by atoms with E-state index in [1.54, 1.807) is 11.3 Å². The van der Waals surface area contributed by atoms with Gasteiger partial charge in [0.05, 0.1) is 23.3 Å². The summed E-state index contributed by atoms with van der Waals surface area (Å²) in [4.78, 5) is 17.0. The van der Waals surface area contributed by atoms with Crippen LogP contribution in [0.2, 0.25) is 0 Å². The van der Waals surface area contributed by atoms with Gasteiger partial charge in [0, 0.05) is 9.36 Å². The van der Waals surface area contributed by atoms with Gasteiger partial charge < -0.3 is 10.6 Å². The molecule has 2 N–H and O–H groups in total. The minimum absolute atomic E-state index is 0.0372. The van der Waals surface area contributed by atoms with Crippen LogP contribution in [0.5, 0.6) is 0 Å². The van der Waals surface area contributed by atoms with Crippen molar-refractivity contribution in [1.82, 2.24) is 15.6 Å². The van der Waals surface area contributed by atoms with Gasteiger partial charge in [-0.1, -0.05) is 22.5 Å². The second-order valence-electron chi connectivity index (χ2n) is 3.75. The molecule has 17 heavy (non-hydrogen) atoms. The number of amides is 2. The number of hydrogen-bond donors (Lipinski definition) is 2. The van der Waals surface area contributed by atoms with Gasteiger partial charge in [0.1, 0.15) is 0 Å². The van der Waals surface area contributed by atoms with E-state index in [0.29, 0.717) is 6.54 Å². The topological polar surface area (TPSA) is 54.0 Å². The monoisotopic (exact) mass is 317 g/mol. The molecule has 0 saturated carbocycles. The molecule has 94 valence electrons. The van der Waals surface area contributed by atoms with Crippen LogP contribution in [0.15, 0.2) is 11.1 Å². The van der Waals surface area contributed by atoms with Crippen LogP contribution < -0.4 is 10.6 Å². The Labute approximate surface area is 114 Å². The highest BCUT2D eigenvalue weighted by molar-refractivity contribution is 9.11. The SMILES string of the molecule is C=C(Br)CNC(=O)N[C@H](C)c1sc(C)nc1C. The highest BCUT2D eigenvalue weighted by Crippen LogP contribution is 2.24. The first kappa shape index (κ1) is 14.2. The molecule has 1 rings (SSSR count). The van der Waals surface area contributed by atoms with Gasteiger partial charge in [0.15, 0.2) is 0 Å². The molecule has 1 heterocycles. The number of nitrogens with one attached hydrogen (secondary N) is 2. The van der Waals surface area contributed by atoms with E-state index in [1.165, 1.54) is 0 Å². The summed E-state index contributed by atoms with van der Waals surface area (Å²) < 4.78 is 0.741. The van der Waals surface area contributed by atoms with E-state index in [4.69, 9.17) is 0 Å². The fourth-order valence-corrected chi connectivity index (χ4v) is 2.51. The van der Waals surface area contributed by atoms with Crippen molar-refractivity contribution >= 4 is 33.3 Å². The van der Waals surface area contributed by atoms with Crippen LogP contribution in [-0.4, -0.2) is 17.6 Å². The average molecular weight is 318 g/mol. The lowest BCUT2D eigenvalue weighted by Gasteiger charge is -2.13.